The number of likely N-dealkylation sites (tertiary alicyclic amines) is 1. The van der Waals surface area contributed by atoms with E-state index in [-0.39, 0.29) is 11.8 Å². The third kappa shape index (κ3) is 4.14. The minimum absolute atomic E-state index is 0.213. The van der Waals surface area contributed by atoms with E-state index >= 15 is 0 Å². The van der Waals surface area contributed by atoms with E-state index in [0.717, 1.165) is 41.6 Å². The van der Waals surface area contributed by atoms with Gasteiger partial charge in [-0.15, -0.1) is 0 Å². The van der Waals surface area contributed by atoms with Crippen LogP contribution in [-0.2, 0) is 4.74 Å². The van der Waals surface area contributed by atoms with Crippen molar-refractivity contribution >= 4 is 11.8 Å². The number of hydrogen-bond donors (Lipinski definition) is 1. The van der Waals surface area contributed by atoms with E-state index in [4.69, 9.17) is 4.74 Å². The Labute approximate surface area is 160 Å². The molecule has 1 aromatic carbocycles. The maximum Gasteiger partial charge on any atom is 0.337 e. The number of nitrogens with zero attached hydrogens (tertiary/aromatic N) is 1. The third-order valence-electron chi connectivity index (χ3n) is 5.67. The molecule has 1 fully saturated rings. The number of methoxy groups -OCH3 is 1. The van der Waals surface area contributed by atoms with E-state index < -0.39 is 0 Å². The first-order chi connectivity index (χ1) is 12.9. The molecular weight excluding hydrogens is 340 g/mol. The zero-order chi connectivity index (χ0) is 19.6. The second-order valence-corrected chi connectivity index (χ2v) is 7.69. The molecule has 27 heavy (non-hydrogen) atoms. The highest BCUT2D eigenvalue weighted by molar-refractivity contribution is 5.98. The summed E-state index contributed by atoms with van der Waals surface area (Å²) in [5.74, 6) is 0.643. The zero-order valence-corrected chi connectivity index (χ0v) is 16.7. The number of aryl methyl sites for hydroxylation is 1. The van der Waals surface area contributed by atoms with Gasteiger partial charge in [0.15, 0.2) is 0 Å². The van der Waals surface area contributed by atoms with Gasteiger partial charge in [-0.05, 0) is 62.9 Å². The fourth-order valence-electron chi connectivity index (χ4n) is 3.98. The lowest BCUT2D eigenvalue weighted by atomic mass is 9.99. The van der Waals surface area contributed by atoms with Crippen LogP contribution < -0.4 is 4.90 Å². The Hall–Kier alpha value is -2.40. The molecule has 144 valence electrons. The van der Waals surface area contributed by atoms with Crippen molar-refractivity contribution in [1.29, 1.82) is 0 Å². The van der Waals surface area contributed by atoms with Gasteiger partial charge in [-0.3, -0.25) is 4.79 Å². The lowest BCUT2D eigenvalue weighted by Crippen LogP contribution is -3.13. The summed E-state index contributed by atoms with van der Waals surface area (Å²) in [5.41, 5.74) is 4.23. The molecule has 1 aliphatic rings. The Bertz CT molecular complexity index is 828. The number of piperidine rings is 1. The summed E-state index contributed by atoms with van der Waals surface area (Å²) >= 11 is 0. The van der Waals surface area contributed by atoms with Gasteiger partial charge in [0.25, 0.3) is 0 Å². The molecule has 0 spiro atoms. The summed E-state index contributed by atoms with van der Waals surface area (Å²) < 4.78 is 6.82. The van der Waals surface area contributed by atoms with Crippen LogP contribution in [0.1, 0.15) is 51.9 Å². The molecule has 1 aliphatic heterocycles. The molecule has 0 radical (unpaired) electrons. The fourth-order valence-corrected chi connectivity index (χ4v) is 3.98. The standard InChI is InChI=1S/C22H28N2O3/c1-15-9-11-23(12-10-15)14-21(25)20-13-16(2)24(17(20)3)19-7-5-18(6-8-19)22(26)27-4/h5-8,13,15H,9-12,14H2,1-4H3/p+1. The molecule has 5 nitrogen and oxygen atoms in total. The zero-order valence-electron chi connectivity index (χ0n) is 16.7. The molecule has 5 heteroatoms. The molecule has 0 saturated carbocycles. The number of carbonyl (C=O) groups excluding carboxylic acids is 2. The van der Waals surface area contributed by atoms with Crippen molar-refractivity contribution in [2.45, 2.75) is 33.6 Å². The lowest BCUT2D eigenvalue weighted by molar-refractivity contribution is -0.897. The predicted octanol–water partition coefficient (Wildman–Crippen LogP) is 2.38. The number of hydrogen-bond acceptors (Lipinski definition) is 3. The van der Waals surface area contributed by atoms with E-state index in [1.54, 1.807) is 12.1 Å². The van der Waals surface area contributed by atoms with E-state index in [2.05, 4.69) is 11.5 Å². The first-order valence-corrected chi connectivity index (χ1v) is 9.65. The highest BCUT2D eigenvalue weighted by Crippen LogP contribution is 2.21. The molecule has 0 atom stereocenters. The van der Waals surface area contributed by atoms with Crippen molar-refractivity contribution in [3.8, 4) is 5.69 Å². The highest BCUT2D eigenvalue weighted by Gasteiger charge is 2.24. The number of aromatic nitrogens is 1. The van der Waals surface area contributed by atoms with Crippen LogP contribution in [0.15, 0.2) is 30.3 Å². The summed E-state index contributed by atoms with van der Waals surface area (Å²) in [6.07, 6.45) is 2.41. The number of quaternary nitrogens is 1. The number of nitrogens with one attached hydrogen (secondary N) is 1. The van der Waals surface area contributed by atoms with Gasteiger partial charge in [0.1, 0.15) is 6.54 Å². The van der Waals surface area contributed by atoms with Crippen LogP contribution >= 0.6 is 0 Å². The molecule has 0 unspecified atom stereocenters. The number of Topliss-reactive ketones (excluding diaryl/α,β-unsaturated/α-hetero) is 1. The number of benzene rings is 1. The molecule has 2 aromatic rings. The minimum Gasteiger partial charge on any atom is -0.465 e. The van der Waals surface area contributed by atoms with Crippen LogP contribution in [0, 0.1) is 19.8 Å². The molecule has 0 bridgehead atoms. The van der Waals surface area contributed by atoms with Gasteiger partial charge in [-0.1, -0.05) is 6.92 Å². The van der Waals surface area contributed by atoms with E-state index in [1.165, 1.54) is 24.9 Å². The van der Waals surface area contributed by atoms with Crippen LogP contribution in [0.2, 0.25) is 0 Å². The SMILES string of the molecule is COC(=O)c1ccc(-n2c(C)cc(C(=O)C[NH+]3CCC(C)CC3)c2C)cc1. The summed E-state index contributed by atoms with van der Waals surface area (Å²) in [4.78, 5) is 25.9. The van der Waals surface area contributed by atoms with Crippen LogP contribution in [0.25, 0.3) is 5.69 Å². The number of ether oxygens (including phenoxy) is 1. The molecule has 3 rings (SSSR count). The van der Waals surface area contributed by atoms with Gasteiger partial charge >= 0.3 is 5.97 Å². The maximum absolute atomic E-state index is 12.9. The summed E-state index contributed by atoms with van der Waals surface area (Å²) in [7, 11) is 1.37. The Morgan fingerprint density at radius 2 is 1.78 bits per heavy atom. The normalized spacial score (nSPS) is 19.7. The Morgan fingerprint density at radius 1 is 1.15 bits per heavy atom. The van der Waals surface area contributed by atoms with Gasteiger partial charge in [-0.2, -0.15) is 0 Å². The minimum atomic E-state index is -0.350. The van der Waals surface area contributed by atoms with E-state index in [0.29, 0.717) is 12.1 Å². The van der Waals surface area contributed by atoms with Crippen molar-refractivity contribution in [2.75, 3.05) is 26.7 Å². The smallest absolute Gasteiger partial charge is 0.337 e. The first-order valence-electron chi connectivity index (χ1n) is 9.65. The molecule has 0 amide bonds. The third-order valence-corrected chi connectivity index (χ3v) is 5.67. The van der Waals surface area contributed by atoms with Crippen molar-refractivity contribution in [1.82, 2.24) is 4.57 Å². The number of ketones is 1. The predicted molar refractivity (Wildman–Crippen MR) is 105 cm³/mol. The molecule has 2 heterocycles. The van der Waals surface area contributed by atoms with Crippen LogP contribution in [0.4, 0.5) is 0 Å². The Kier molecular flexibility index (Phi) is 5.80. The molecule has 1 saturated heterocycles. The van der Waals surface area contributed by atoms with Crippen LogP contribution in [0.5, 0.6) is 0 Å². The Morgan fingerprint density at radius 3 is 2.37 bits per heavy atom. The van der Waals surface area contributed by atoms with E-state index in [1.807, 2.05) is 32.0 Å². The summed E-state index contributed by atoms with van der Waals surface area (Å²) in [5, 5.41) is 0. The highest BCUT2D eigenvalue weighted by atomic mass is 16.5. The lowest BCUT2D eigenvalue weighted by Gasteiger charge is -2.26. The summed E-state index contributed by atoms with van der Waals surface area (Å²) in [6, 6.07) is 9.26. The van der Waals surface area contributed by atoms with Crippen molar-refractivity contribution in [2.24, 2.45) is 5.92 Å². The topological polar surface area (TPSA) is 52.7 Å². The number of esters is 1. The molecule has 0 aliphatic carbocycles. The Balaban J connectivity index is 1.80. The first kappa shape index (κ1) is 19.4. The van der Waals surface area contributed by atoms with Crippen molar-refractivity contribution in [3.63, 3.8) is 0 Å². The van der Waals surface area contributed by atoms with Crippen LogP contribution in [-0.4, -0.2) is 43.1 Å². The van der Waals surface area contributed by atoms with Crippen molar-refractivity contribution in [3.05, 3.63) is 52.8 Å². The van der Waals surface area contributed by atoms with Gasteiger partial charge in [-0.25, -0.2) is 4.79 Å². The monoisotopic (exact) mass is 369 g/mol. The van der Waals surface area contributed by atoms with Gasteiger partial charge in [0.2, 0.25) is 5.78 Å². The molecular formula is C22H29N2O3+. The number of carbonyl (C=O) groups is 2. The van der Waals surface area contributed by atoms with E-state index in [9.17, 15) is 9.59 Å². The average Bonchev–Trinajstić information content (AvgIpc) is 2.97. The van der Waals surface area contributed by atoms with Crippen molar-refractivity contribution < 1.29 is 19.2 Å². The average molecular weight is 369 g/mol. The maximum atomic E-state index is 12.9. The second kappa shape index (κ2) is 8.09. The van der Waals surface area contributed by atoms with Crippen LogP contribution in [0.3, 0.4) is 0 Å². The largest absolute Gasteiger partial charge is 0.465 e. The number of rotatable bonds is 5. The van der Waals surface area contributed by atoms with Gasteiger partial charge < -0.3 is 14.2 Å². The summed E-state index contributed by atoms with van der Waals surface area (Å²) in [6.45, 7) is 9.02. The fraction of sp³-hybridized carbons (Fsp3) is 0.455. The van der Waals surface area contributed by atoms with Gasteiger partial charge in [0.05, 0.1) is 25.8 Å². The molecule has 1 aromatic heterocycles. The second-order valence-electron chi connectivity index (χ2n) is 7.69. The molecule has 1 N–H and O–H groups in total. The quantitative estimate of drug-likeness (QED) is 0.650. The van der Waals surface area contributed by atoms with Gasteiger partial charge in [0, 0.05) is 22.6 Å².